The van der Waals surface area contributed by atoms with Gasteiger partial charge in [-0.1, -0.05) is 42.5 Å². The van der Waals surface area contributed by atoms with E-state index in [1.165, 1.54) is 12.3 Å². The van der Waals surface area contributed by atoms with Gasteiger partial charge in [-0.3, -0.25) is 9.78 Å². The van der Waals surface area contributed by atoms with Crippen LogP contribution in [0.3, 0.4) is 0 Å². The maximum atomic E-state index is 14.7. The Morgan fingerprint density at radius 3 is 2.44 bits per heavy atom. The SMILES string of the molecule is CC1(C)OB(c2cccc(F)c2C=NNc2nc(-c3ccccc3)c(C#N)c(=O)[nH]2)OC1(C)C. The van der Waals surface area contributed by atoms with Crippen LogP contribution in [-0.4, -0.2) is 34.5 Å². The van der Waals surface area contributed by atoms with Gasteiger partial charge in [0.25, 0.3) is 5.56 Å². The molecule has 0 amide bonds. The minimum absolute atomic E-state index is 0.00706. The highest BCUT2D eigenvalue weighted by Gasteiger charge is 2.52. The number of nitrogens with one attached hydrogen (secondary N) is 2. The van der Waals surface area contributed by atoms with Gasteiger partial charge < -0.3 is 9.31 Å². The van der Waals surface area contributed by atoms with Crippen LogP contribution in [0.1, 0.15) is 38.8 Å². The highest BCUT2D eigenvalue weighted by Crippen LogP contribution is 2.36. The molecular weight excluding hydrogens is 436 g/mol. The monoisotopic (exact) mass is 459 g/mol. The van der Waals surface area contributed by atoms with Crippen LogP contribution in [0.4, 0.5) is 10.3 Å². The number of halogens is 1. The van der Waals surface area contributed by atoms with Crippen LogP contribution < -0.4 is 16.4 Å². The average molecular weight is 459 g/mol. The third-order valence-electron chi connectivity index (χ3n) is 6.04. The number of aromatic nitrogens is 2. The Bertz CT molecular complexity index is 1330. The maximum absolute atomic E-state index is 14.7. The van der Waals surface area contributed by atoms with Gasteiger partial charge in [0.05, 0.1) is 23.1 Å². The standard InChI is InChI=1S/C24H23BFN5O3/c1-23(2)24(3,4)34-25(33-23)18-11-8-12-19(26)17(18)14-28-31-22-29-20(15-9-6-5-7-10-15)16(13-27)21(32)30-22/h5-12,14H,1-4H3,(H2,29,30,31,32). The number of hydrazone groups is 1. The molecule has 1 saturated heterocycles. The number of nitriles is 1. The summed E-state index contributed by atoms with van der Waals surface area (Å²) in [4.78, 5) is 19.2. The first-order valence-corrected chi connectivity index (χ1v) is 10.7. The van der Waals surface area contributed by atoms with E-state index < -0.39 is 29.7 Å². The first-order valence-electron chi connectivity index (χ1n) is 10.7. The summed E-state index contributed by atoms with van der Waals surface area (Å²) < 4.78 is 26.8. The lowest BCUT2D eigenvalue weighted by atomic mass is 9.76. The molecule has 0 atom stereocenters. The summed E-state index contributed by atoms with van der Waals surface area (Å²) in [6.07, 6.45) is 1.27. The Labute approximate surface area is 196 Å². The predicted molar refractivity (Wildman–Crippen MR) is 128 cm³/mol. The molecule has 0 radical (unpaired) electrons. The van der Waals surface area contributed by atoms with Crippen LogP contribution in [0.15, 0.2) is 58.4 Å². The molecule has 1 fully saturated rings. The molecule has 172 valence electrons. The van der Waals surface area contributed by atoms with Gasteiger partial charge in [-0.05, 0) is 39.2 Å². The summed E-state index contributed by atoms with van der Waals surface area (Å²) in [6, 6.07) is 15.3. The number of hydrogen-bond donors (Lipinski definition) is 2. The van der Waals surface area contributed by atoms with E-state index in [0.29, 0.717) is 11.0 Å². The second-order valence-corrected chi connectivity index (χ2v) is 8.82. The molecular formula is C24H23BFN5O3. The van der Waals surface area contributed by atoms with Crippen molar-refractivity contribution in [3.8, 4) is 17.3 Å². The minimum atomic E-state index is -0.778. The van der Waals surface area contributed by atoms with E-state index >= 15 is 0 Å². The van der Waals surface area contributed by atoms with Crippen molar-refractivity contribution in [2.45, 2.75) is 38.9 Å². The third-order valence-corrected chi connectivity index (χ3v) is 6.04. The molecule has 1 aromatic heterocycles. The van der Waals surface area contributed by atoms with Crippen LogP contribution in [0.5, 0.6) is 0 Å². The van der Waals surface area contributed by atoms with Gasteiger partial charge in [0.15, 0.2) is 0 Å². The molecule has 1 aliphatic heterocycles. The summed E-state index contributed by atoms with van der Waals surface area (Å²) in [5.74, 6) is -0.503. The second-order valence-electron chi connectivity index (χ2n) is 8.82. The number of hydrogen-bond acceptors (Lipinski definition) is 7. The third kappa shape index (κ3) is 4.36. The van der Waals surface area contributed by atoms with Crippen molar-refractivity contribution in [3.05, 3.63) is 75.8 Å². The first kappa shape index (κ1) is 23.4. The highest BCUT2D eigenvalue weighted by molar-refractivity contribution is 6.63. The van der Waals surface area contributed by atoms with Crippen molar-refractivity contribution in [1.82, 2.24) is 9.97 Å². The number of anilines is 1. The van der Waals surface area contributed by atoms with Gasteiger partial charge >= 0.3 is 7.12 Å². The molecule has 1 aliphatic rings. The predicted octanol–water partition coefficient (Wildman–Crippen LogP) is 3.19. The summed E-state index contributed by atoms with van der Waals surface area (Å²) in [7, 11) is -0.778. The van der Waals surface area contributed by atoms with Crippen molar-refractivity contribution in [3.63, 3.8) is 0 Å². The van der Waals surface area contributed by atoms with Gasteiger partial charge in [0.2, 0.25) is 5.95 Å². The zero-order valence-electron chi connectivity index (χ0n) is 19.2. The molecule has 0 unspecified atom stereocenters. The van der Waals surface area contributed by atoms with Crippen molar-refractivity contribution >= 4 is 24.7 Å². The number of benzene rings is 2. The van der Waals surface area contributed by atoms with Crippen molar-refractivity contribution in [2.24, 2.45) is 5.10 Å². The molecule has 2 heterocycles. The maximum Gasteiger partial charge on any atom is 0.495 e. The van der Waals surface area contributed by atoms with Crippen LogP contribution >= 0.6 is 0 Å². The minimum Gasteiger partial charge on any atom is -0.399 e. The van der Waals surface area contributed by atoms with Gasteiger partial charge in [0, 0.05) is 11.1 Å². The largest absolute Gasteiger partial charge is 0.495 e. The van der Waals surface area contributed by atoms with E-state index in [4.69, 9.17) is 9.31 Å². The molecule has 0 saturated carbocycles. The number of rotatable bonds is 5. The Kier molecular flexibility index (Phi) is 6.08. The summed E-state index contributed by atoms with van der Waals surface area (Å²) in [5.41, 5.74) is 2.20. The number of H-pyrrole nitrogens is 1. The zero-order valence-corrected chi connectivity index (χ0v) is 19.2. The van der Waals surface area contributed by atoms with E-state index in [1.54, 1.807) is 36.4 Å². The smallest absolute Gasteiger partial charge is 0.399 e. The Balaban J connectivity index is 1.64. The van der Waals surface area contributed by atoms with Gasteiger partial charge in [-0.15, -0.1) is 0 Å². The van der Waals surface area contributed by atoms with Gasteiger partial charge in [-0.25, -0.2) is 14.8 Å². The van der Waals surface area contributed by atoms with E-state index in [2.05, 4.69) is 20.5 Å². The molecule has 0 aliphatic carbocycles. The Hall–Kier alpha value is -3.81. The Morgan fingerprint density at radius 1 is 1.12 bits per heavy atom. The van der Waals surface area contributed by atoms with E-state index in [1.807, 2.05) is 39.8 Å². The first-order chi connectivity index (χ1) is 16.1. The summed E-state index contributed by atoms with van der Waals surface area (Å²) in [5, 5.41) is 13.5. The lowest BCUT2D eigenvalue weighted by Gasteiger charge is -2.32. The van der Waals surface area contributed by atoms with Crippen molar-refractivity contribution in [2.75, 3.05) is 5.43 Å². The lowest BCUT2D eigenvalue weighted by Crippen LogP contribution is -2.41. The van der Waals surface area contributed by atoms with E-state index in [-0.39, 0.29) is 22.8 Å². The summed E-state index contributed by atoms with van der Waals surface area (Å²) in [6.45, 7) is 7.66. The fraction of sp³-hybridized carbons (Fsp3) is 0.250. The molecule has 8 nitrogen and oxygen atoms in total. The van der Waals surface area contributed by atoms with Crippen molar-refractivity contribution in [1.29, 1.82) is 5.26 Å². The fourth-order valence-electron chi connectivity index (χ4n) is 3.46. The Morgan fingerprint density at radius 2 is 1.79 bits per heavy atom. The fourth-order valence-corrected chi connectivity index (χ4v) is 3.46. The summed E-state index contributed by atoms with van der Waals surface area (Å²) >= 11 is 0. The molecule has 34 heavy (non-hydrogen) atoms. The topological polar surface area (TPSA) is 112 Å². The number of aromatic amines is 1. The van der Waals surface area contributed by atoms with Crippen LogP contribution in [-0.2, 0) is 9.31 Å². The zero-order chi connectivity index (χ0) is 24.5. The van der Waals surface area contributed by atoms with Crippen LogP contribution in [0, 0.1) is 17.1 Å². The molecule has 2 N–H and O–H groups in total. The van der Waals surface area contributed by atoms with E-state index in [9.17, 15) is 14.4 Å². The van der Waals surface area contributed by atoms with Crippen LogP contribution in [0.25, 0.3) is 11.3 Å². The average Bonchev–Trinajstić information content (AvgIpc) is 3.01. The quantitative estimate of drug-likeness (QED) is 0.344. The highest BCUT2D eigenvalue weighted by atomic mass is 19.1. The normalized spacial score (nSPS) is 16.5. The van der Waals surface area contributed by atoms with Crippen LogP contribution in [0.2, 0.25) is 0 Å². The molecule has 10 heteroatoms. The molecule has 4 rings (SSSR count). The molecule has 0 bridgehead atoms. The van der Waals surface area contributed by atoms with E-state index in [0.717, 1.165) is 0 Å². The van der Waals surface area contributed by atoms with Gasteiger partial charge in [-0.2, -0.15) is 10.4 Å². The second kappa shape index (κ2) is 8.86. The van der Waals surface area contributed by atoms with Crippen molar-refractivity contribution < 1.29 is 13.7 Å². The molecule has 3 aromatic rings. The molecule has 0 spiro atoms. The van der Waals surface area contributed by atoms with Gasteiger partial charge in [0.1, 0.15) is 17.4 Å². The lowest BCUT2D eigenvalue weighted by molar-refractivity contribution is 0.00578. The number of nitrogens with zero attached hydrogens (tertiary/aromatic N) is 3. The molecule has 2 aromatic carbocycles.